The highest BCUT2D eigenvalue weighted by atomic mass is 16.6. The molecule has 0 bridgehead atoms. The van der Waals surface area contributed by atoms with Crippen LogP contribution in [0.1, 0.15) is 117 Å². The van der Waals surface area contributed by atoms with E-state index >= 15 is 0 Å². The maximum absolute atomic E-state index is 12.4. The van der Waals surface area contributed by atoms with Crippen molar-refractivity contribution in [2.45, 2.75) is 123 Å². The zero-order valence-corrected chi connectivity index (χ0v) is 22.7. The van der Waals surface area contributed by atoms with Gasteiger partial charge < -0.3 is 23.9 Å². The predicted octanol–water partition coefficient (Wildman–Crippen LogP) is 6.34. The largest absolute Gasteiger partial charge is 0.457 e. The lowest BCUT2D eigenvalue weighted by Crippen LogP contribution is -2.29. The molecule has 0 aromatic rings. The van der Waals surface area contributed by atoms with Crippen LogP contribution in [0.5, 0.6) is 0 Å². The first kappa shape index (κ1) is 33.0. The van der Waals surface area contributed by atoms with E-state index in [4.69, 9.17) is 14.2 Å². The normalized spacial score (nSPS) is 11.4. The van der Waals surface area contributed by atoms with Crippen LogP contribution < -0.4 is 0 Å². The lowest BCUT2D eigenvalue weighted by molar-refractivity contribution is -0.156. The van der Waals surface area contributed by atoms with Crippen LogP contribution in [0.15, 0.2) is 0 Å². The minimum atomic E-state index is -0.309. The quantitative estimate of drug-likeness (QED) is 0.0768. The summed E-state index contributed by atoms with van der Waals surface area (Å²) in [6, 6.07) is 0. The molecule has 0 rings (SSSR count). The number of hydrogen-bond donors (Lipinski definition) is 0. The fourth-order valence-electron chi connectivity index (χ4n) is 3.85. The van der Waals surface area contributed by atoms with Gasteiger partial charge in [0.15, 0.2) is 0 Å². The van der Waals surface area contributed by atoms with Crippen LogP contribution in [-0.2, 0) is 23.8 Å². The number of esters is 1. The summed E-state index contributed by atoms with van der Waals surface area (Å²) in [7, 11) is 0. The summed E-state index contributed by atoms with van der Waals surface area (Å²) in [5.74, 6) is -0.139. The zero-order chi connectivity index (χ0) is 25.1. The molecule has 0 amide bonds. The first-order valence-corrected chi connectivity index (χ1v) is 14.2. The first-order valence-electron chi connectivity index (χ1n) is 14.2. The van der Waals surface area contributed by atoms with Crippen LogP contribution in [-0.4, -0.2) is 69.3 Å². The summed E-state index contributed by atoms with van der Waals surface area (Å²) in [5.41, 5.74) is 0. The van der Waals surface area contributed by atoms with Crippen molar-refractivity contribution in [2.24, 2.45) is 0 Å². The molecule has 0 saturated carbocycles. The van der Waals surface area contributed by atoms with Gasteiger partial charge in [-0.1, -0.05) is 78.6 Å². The van der Waals surface area contributed by atoms with Crippen molar-refractivity contribution in [1.82, 2.24) is 4.90 Å². The molecule has 0 heterocycles. The number of carbonyl (C=O) groups is 2. The van der Waals surface area contributed by atoms with Crippen LogP contribution >= 0.6 is 0 Å². The molecule has 0 aromatic heterocycles. The van der Waals surface area contributed by atoms with E-state index in [1.807, 2.05) is 0 Å². The summed E-state index contributed by atoms with van der Waals surface area (Å²) in [5, 5.41) is 0. The SMILES string of the molecule is CCCCCCOCC(COCCCCCC)OC(=O)CCCCCCCN(CC)CCC=O. The Kier molecular flexibility index (Phi) is 25.9. The molecule has 0 aromatic carbocycles. The molecule has 0 spiro atoms. The number of carbonyl (C=O) groups excluding carboxylic acids is 2. The lowest BCUT2D eigenvalue weighted by Gasteiger charge is -2.19. The second kappa shape index (κ2) is 26.6. The topological polar surface area (TPSA) is 65.1 Å². The number of rotatable bonds is 27. The number of aldehydes is 1. The van der Waals surface area contributed by atoms with Crippen LogP contribution in [0.2, 0.25) is 0 Å². The third-order valence-electron chi connectivity index (χ3n) is 6.06. The van der Waals surface area contributed by atoms with Gasteiger partial charge in [-0.2, -0.15) is 0 Å². The van der Waals surface area contributed by atoms with Gasteiger partial charge in [-0.15, -0.1) is 0 Å². The van der Waals surface area contributed by atoms with Crippen molar-refractivity contribution < 1.29 is 23.8 Å². The molecule has 6 heteroatoms. The van der Waals surface area contributed by atoms with Gasteiger partial charge in [-0.25, -0.2) is 0 Å². The van der Waals surface area contributed by atoms with Gasteiger partial charge in [-0.3, -0.25) is 4.79 Å². The molecule has 0 aliphatic rings. The van der Waals surface area contributed by atoms with Gasteiger partial charge in [0.05, 0.1) is 13.2 Å². The Morgan fingerprint density at radius 1 is 0.735 bits per heavy atom. The summed E-state index contributed by atoms with van der Waals surface area (Å²) in [6.45, 7) is 11.7. The van der Waals surface area contributed by atoms with E-state index in [0.717, 1.165) is 84.1 Å². The van der Waals surface area contributed by atoms with E-state index in [1.165, 1.54) is 38.5 Å². The van der Waals surface area contributed by atoms with Crippen molar-refractivity contribution in [2.75, 3.05) is 46.1 Å². The molecule has 0 atom stereocenters. The van der Waals surface area contributed by atoms with Crippen molar-refractivity contribution >= 4 is 12.3 Å². The molecule has 6 nitrogen and oxygen atoms in total. The van der Waals surface area contributed by atoms with Crippen molar-refractivity contribution in [1.29, 1.82) is 0 Å². The van der Waals surface area contributed by atoms with Crippen LogP contribution in [0.3, 0.4) is 0 Å². The molecule has 202 valence electrons. The van der Waals surface area contributed by atoms with Gasteiger partial charge in [0, 0.05) is 32.6 Å². The summed E-state index contributed by atoms with van der Waals surface area (Å²) < 4.78 is 17.3. The lowest BCUT2D eigenvalue weighted by atomic mass is 10.1. The number of ether oxygens (including phenoxy) is 3. The van der Waals surface area contributed by atoms with Gasteiger partial charge in [0.25, 0.3) is 0 Å². The molecule has 0 fully saturated rings. The first-order chi connectivity index (χ1) is 16.7. The third kappa shape index (κ3) is 22.8. The molecule has 0 saturated heterocycles. The zero-order valence-electron chi connectivity index (χ0n) is 22.7. The highest BCUT2D eigenvalue weighted by Gasteiger charge is 2.15. The number of nitrogens with zero attached hydrogens (tertiary/aromatic N) is 1. The Hall–Kier alpha value is -0.980. The van der Waals surface area contributed by atoms with E-state index < -0.39 is 0 Å². The molecule has 0 aliphatic carbocycles. The van der Waals surface area contributed by atoms with E-state index in [0.29, 0.717) is 26.1 Å². The molecule has 0 N–H and O–H groups in total. The van der Waals surface area contributed by atoms with Crippen LogP contribution in [0.4, 0.5) is 0 Å². The standard InChI is InChI=1S/C28H55NO5/c1-4-7-9-16-23-32-25-27(26-33-24-17-10-8-5-2)34-28(31)19-14-12-11-13-15-20-29(6-3)21-18-22-30/h22,27H,4-21,23-26H2,1-3H3. The number of hydrogen-bond acceptors (Lipinski definition) is 6. The second-order valence-corrected chi connectivity index (χ2v) is 9.29. The van der Waals surface area contributed by atoms with Gasteiger partial charge >= 0.3 is 5.97 Å². The minimum absolute atomic E-state index is 0.139. The molecule has 0 radical (unpaired) electrons. The maximum Gasteiger partial charge on any atom is 0.306 e. The average Bonchev–Trinajstić information content (AvgIpc) is 2.84. The summed E-state index contributed by atoms with van der Waals surface area (Å²) in [6.07, 6.45) is 16.5. The highest BCUT2D eigenvalue weighted by Crippen LogP contribution is 2.09. The number of unbranched alkanes of at least 4 members (excludes halogenated alkanes) is 10. The predicted molar refractivity (Wildman–Crippen MR) is 140 cm³/mol. The Balaban J connectivity index is 4.02. The Bertz CT molecular complexity index is 431. The third-order valence-corrected chi connectivity index (χ3v) is 6.06. The second-order valence-electron chi connectivity index (χ2n) is 9.29. The van der Waals surface area contributed by atoms with Gasteiger partial charge in [0.1, 0.15) is 12.4 Å². The molecule has 0 aliphatic heterocycles. The summed E-state index contributed by atoms with van der Waals surface area (Å²) in [4.78, 5) is 25.2. The van der Waals surface area contributed by atoms with E-state index in [1.54, 1.807) is 0 Å². The van der Waals surface area contributed by atoms with Gasteiger partial charge in [-0.05, 0) is 38.8 Å². The maximum atomic E-state index is 12.4. The molecule has 34 heavy (non-hydrogen) atoms. The Morgan fingerprint density at radius 2 is 1.29 bits per heavy atom. The van der Waals surface area contributed by atoms with Crippen LogP contribution in [0.25, 0.3) is 0 Å². The van der Waals surface area contributed by atoms with Crippen molar-refractivity contribution in [3.05, 3.63) is 0 Å². The van der Waals surface area contributed by atoms with Crippen molar-refractivity contribution in [3.8, 4) is 0 Å². The molecule has 0 unspecified atom stereocenters. The van der Waals surface area contributed by atoms with E-state index in [2.05, 4.69) is 25.7 Å². The highest BCUT2D eigenvalue weighted by molar-refractivity contribution is 5.69. The van der Waals surface area contributed by atoms with Crippen molar-refractivity contribution in [3.63, 3.8) is 0 Å². The Labute approximate surface area is 210 Å². The molecular formula is C28H55NO5. The fourth-order valence-corrected chi connectivity index (χ4v) is 3.85. The molecular weight excluding hydrogens is 430 g/mol. The summed E-state index contributed by atoms with van der Waals surface area (Å²) >= 11 is 0. The van der Waals surface area contributed by atoms with E-state index in [-0.39, 0.29) is 12.1 Å². The van der Waals surface area contributed by atoms with Gasteiger partial charge in [0.2, 0.25) is 0 Å². The van der Waals surface area contributed by atoms with Crippen LogP contribution in [0, 0.1) is 0 Å². The van der Waals surface area contributed by atoms with E-state index in [9.17, 15) is 9.59 Å². The fraction of sp³-hybridized carbons (Fsp3) is 0.929. The smallest absolute Gasteiger partial charge is 0.306 e. The average molecular weight is 486 g/mol. The monoisotopic (exact) mass is 485 g/mol. The Morgan fingerprint density at radius 3 is 1.85 bits per heavy atom. The minimum Gasteiger partial charge on any atom is -0.457 e.